The lowest BCUT2D eigenvalue weighted by Gasteiger charge is -2.26. The summed E-state index contributed by atoms with van der Waals surface area (Å²) < 4.78 is 2.08. The Morgan fingerprint density at radius 1 is 0.821 bits per heavy atom. The van der Waals surface area contributed by atoms with Gasteiger partial charge in [0.25, 0.3) is 0 Å². The van der Waals surface area contributed by atoms with Gasteiger partial charge < -0.3 is 0 Å². The molecule has 0 radical (unpaired) electrons. The van der Waals surface area contributed by atoms with E-state index >= 15 is 0 Å². The van der Waals surface area contributed by atoms with Crippen molar-refractivity contribution in [2.45, 2.75) is 90.6 Å². The molecule has 0 heterocycles. The second kappa shape index (κ2) is 13.8. The first-order valence-corrected chi connectivity index (χ1v) is 11.6. The molecule has 2 aromatic carbocycles. The summed E-state index contributed by atoms with van der Waals surface area (Å²) in [7, 11) is 0. The first-order valence-electron chi connectivity index (χ1n) is 11.3. The third-order valence-electron chi connectivity index (χ3n) is 5.53. The molecular formula is C26H38ClN. The molecule has 154 valence electrons. The minimum Gasteiger partial charge on any atom is -0.213 e. The van der Waals surface area contributed by atoms with Crippen molar-refractivity contribution in [3.05, 3.63) is 60.2 Å². The van der Waals surface area contributed by atoms with Crippen LogP contribution in [0.15, 0.2) is 54.6 Å². The quantitative estimate of drug-likeness (QED) is 0.174. The third kappa shape index (κ3) is 7.97. The molecule has 2 rings (SSSR count). The molecule has 0 saturated heterocycles. The Hall–Kier alpha value is -1.31. The number of rotatable bonds is 14. The maximum atomic E-state index is 6.87. The van der Waals surface area contributed by atoms with Gasteiger partial charge in [0.2, 0.25) is 0 Å². The molecule has 0 amide bonds. The van der Waals surface area contributed by atoms with E-state index in [0.717, 1.165) is 19.4 Å². The van der Waals surface area contributed by atoms with Gasteiger partial charge >= 0.3 is 0 Å². The summed E-state index contributed by atoms with van der Waals surface area (Å²) in [6, 6.07) is 15.6. The summed E-state index contributed by atoms with van der Waals surface area (Å²) >= 11 is 6.87. The van der Waals surface area contributed by atoms with E-state index in [4.69, 9.17) is 11.8 Å². The highest BCUT2D eigenvalue weighted by Gasteiger charge is 2.17. The Bertz CT molecular complexity index is 688. The highest BCUT2D eigenvalue weighted by molar-refractivity contribution is 6.13. The fourth-order valence-electron chi connectivity index (χ4n) is 3.82. The minimum atomic E-state index is 0.438. The zero-order valence-electron chi connectivity index (χ0n) is 17.9. The fraction of sp³-hybridized carbons (Fsp3) is 0.538. The molecule has 0 bridgehead atoms. The van der Waals surface area contributed by atoms with Crippen LogP contribution >= 0.6 is 11.8 Å². The van der Waals surface area contributed by atoms with E-state index in [1.165, 1.54) is 67.7 Å². The smallest absolute Gasteiger partial charge is 0.0399 e. The molecule has 2 aromatic rings. The minimum absolute atomic E-state index is 0.438. The summed E-state index contributed by atoms with van der Waals surface area (Å²) in [6.07, 6.45) is 17.1. The summed E-state index contributed by atoms with van der Waals surface area (Å²) in [5.41, 5.74) is 1.32. The Morgan fingerprint density at radius 2 is 1.57 bits per heavy atom. The van der Waals surface area contributed by atoms with Gasteiger partial charge in [0.1, 0.15) is 0 Å². The van der Waals surface area contributed by atoms with Crippen LogP contribution in [0.25, 0.3) is 10.8 Å². The fourth-order valence-corrected chi connectivity index (χ4v) is 4.15. The second-order valence-corrected chi connectivity index (χ2v) is 8.32. The van der Waals surface area contributed by atoms with E-state index in [2.05, 4.69) is 72.9 Å². The molecule has 0 N–H and O–H groups in total. The summed E-state index contributed by atoms with van der Waals surface area (Å²) in [5, 5.41) is 2.61. The average molecular weight is 400 g/mol. The molecule has 0 aromatic heterocycles. The van der Waals surface area contributed by atoms with Gasteiger partial charge in [0, 0.05) is 12.6 Å². The zero-order valence-corrected chi connectivity index (χ0v) is 18.6. The number of fused-ring (bicyclic) bond motifs is 1. The average Bonchev–Trinajstić information content (AvgIpc) is 2.72. The van der Waals surface area contributed by atoms with Crippen molar-refractivity contribution in [1.29, 1.82) is 0 Å². The van der Waals surface area contributed by atoms with Crippen LogP contribution in [0.2, 0.25) is 0 Å². The van der Waals surface area contributed by atoms with Crippen molar-refractivity contribution in [1.82, 2.24) is 4.42 Å². The maximum absolute atomic E-state index is 6.87. The monoisotopic (exact) mass is 399 g/mol. The van der Waals surface area contributed by atoms with Crippen LogP contribution in [-0.4, -0.2) is 10.5 Å². The second-order valence-electron chi connectivity index (χ2n) is 7.89. The van der Waals surface area contributed by atoms with Crippen molar-refractivity contribution in [2.24, 2.45) is 0 Å². The SMILES string of the molecule is CCC/C=C/CCC(CCCCCCC)N(Cl)Cc1cccc2ccccc12. The van der Waals surface area contributed by atoms with Crippen LogP contribution < -0.4 is 0 Å². The van der Waals surface area contributed by atoms with Gasteiger partial charge in [-0.1, -0.05) is 107 Å². The lowest BCUT2D eigenvalue weighted by atomic mass is 10.0. The Balaban J connectivity index is 1.98. The molecule has 0 aliphatic heterocycles. The molecule has 2 heteroatoms. The predicted octanol–water partition coefficient (Wildman–Crippen LogP) is 8.66. The van der Waals surface area contributed by atoms with E-state index in [1.54, 1.807) is 0 Å². The molecule has 0 spiro atoms. The van der Waals surface area contributed by atoms with Crippen LogP contribution in [0, 0.1) is 0 Å². The van der Waals surface area contributed by atoms with Gasteiger partial charge in [-0.25, -0.2) is 4.42 Å². The number of hydrogen-bond donors (Lipinski definition) is 0. The van der Waals surface area contributed by atoms with E-state index in [1.807, 2.05) is 0 Å². The van der Waals surface area contributed by atoms with Gasteiger partial charge in [-0.2, -0.15) is 0 Å². The number of benzene rings is 2. The van der Waals surface area contributed by atoms with Crippen LogP contribution in [0.1, 0.15) is 83.6 Å². The van der Waals surface area contributed by atoms with Crippen molar-refractivity contribution in [2.75, 3.05) is 0 Å². The number of nitrogens with zero attached hydrogens (tertiary/aromatic N) is 1. The summed E-state index contributed by atoms with van der Waals surface area (Å²) in [4.78, 5) is 0. The largest absolute Gasteiger partial charge is 0.213 e. The Kier molecular flexibility index (Phi) is 11.3. The zero-order chi connectivity index (χ0) is 20.0. The molecular weight excluding hydrogens is 362 g/mol. The van der Waals surface area contributed by atoms with Crippen molar-refractivity contribution in [3.8, 4) is 0 Å². The van der Waals surface area contributed by atoms with Gasteiger partial charge in [0.15, 0.2) is 0 Å². The Labute approximate surface area is 177 Å². The number of hydrogen-bond acceptors (Lipinski definition) is 1. The van der Waals surface area contributed by atoms with Crippen LogP contribution in [0.3, 0.4) is 0 Å². The van der Waals surface area contributed by atoms with Crippen molar-refractivity contribution < 1.29 is 0 Å². The molecule has 0 fully saturated rings. The maximum Gasteiger partial charge on any atom is 0.0399 e. The molecule has 1 nitrogen and oxygen atoms in total. The number of allylic oxidation sites excluding steroid dienone is 2. The van der Waals surface area contributed by atoms with Crippen molar-refractivity contribution in [3.63, 3.8) is 0 Å². The molecule has 28 heavy (non-hydrogen) atoms. The third-order valence-corrected chi connectivity index (χ3v) is 5.92. The summed E-state index contributed by atoms with van der Waals surface area (Å²) in [6.45, 7) is 5.31. The molecule has 0 aliphatic rings. The van der Waals surface area contributed by atoms with Crippen LogP contribution in [-0.2, 0) is 6.54 Å². The molecule has 1 unspecified atom stereocenters. The highest BCUT2D eigenvalue weighted by Crippen LogP contribution is 2.25. The van der Waals surface area contributed by atoms with E-state index in [0.29, 0.717) is 6.04 Å². The molecule has 0 aliphatic carbocycles. The van der Waals surface area contributed by atoms with Gasteiger partial charge in [-0.15, -0.1) is 0 Å². The van der Waals surface area contributed by atoms with Crippen molar-refractivity contribution >= 4 is 22.5 Å². The van der Waals surface area contributed by atoms with E-state index in [9.17, 15) is 0 Å². The lowest BCUT2D eigenvalue weighted by molar-refractivity contribution is 0.292. The van der Waals surface area contributed by atoms with Crippen LogP contribution in [0.4, 0.5) is 0 Å². The lowest BCUT2D eigenvalue weighted by Crippen LogP contribution is -2.27. The van der Waals surface area contributed by atoms with E-state index in [-0.39, 0.29) is 0 Å². The van der Waals surface area contributed by atoms with E-state index < -0.39 is 0 Å². The van der Waals surface area contributed by atoms with Gasteiger partial charge in [0.05, 0.1) is 0 Å². The van der Waals surface area contributed by atoms with Crippen LogP contribution in [0.5, 0.6) is 0 Å². The van der Waals surface area contributed by atoms with Gasteiger partial charge in [-0.05, 0) is 53.8 Å². The highest BCUT2D eigenvalue weighted by atomic mass is 35.5. The molecule has 1 atom stereocenters. The molecule has 0 saturated carbocycles. The standard InChI is InChI=1S/C26H38ClN/c1-3-5-7-9-11-19-25(20-12-10-8-6-4-2)28(27)22-24-18-15-17-23-16-13-14-21-26(23)24/h7,9,13-18,21,25H,3-6,8,10-12,19-20,22H2,1-2H3/b9-7+. The number of unbranched alkanes of at least 4 members (excludes halogenated alkanes) is 5. The summed E-state index contributed by atoms with van der Waals surface area (Å²) in [5.74, 6) is 0. The predicted molar refractivity (Wildman–Crippen MR) is 126 cm³/mol. The first-order chi connectivity index (χ1) is 13.8. The van der Waals surface area contributed by atoms with Gasteiger partial charge in [-0.3, -0.25) is 0 Å². The first kappa shape index (κ1) is 23.0. The normalized spacial score (nSPS) is 13.0. The Morgan fingerprint density at radius 3 is 2.39 bits per heavy atom. The topological polar surface area (TPSA) is 3.24 Å². The number of halogens is 1.